The molecule has 0 saturated heterocycles. The van der Waals surface area contributed by atoms with Gasteiger partial charge in [-0.25, -0.2) is 9.97 Å². The van der Waals surface area contributed by atoms with Crippen molar-refractivity contribution in [1.29, 1.82) is 0 Å². The molecule has 0 saturated carbocycles. The molecule has 7 aromatic carbocycles. The maximum absolute atomic E-state index is 5.14. The fraction of sp³-hybridized carbons (Fsp3) is 0.0980. The van der Waals surface area contributed by atoms with Gasteiger partial charge in [-0.15, -0.1) is 0 Å². The van der Waals surface area contributed by atoms with E-state index in [-0.39, 0.29) is 0 Å². The number of anilines is 9. The number of hydrogen-bond donors (Lipinski definition) is 0. The molecule has 56 heavy (non-hydrogen) atoms. The largest absolute Gasteiger partial charge is 0.310 e. The third-order valence-corrected chi connectivity index (χ3v) is 10.9. The number of benzene rings is 7. The van der Waals surface area contributed by atoms with E-state index >= 15 is 0 Å². The minimum atomic E-state index is -0.391. The molecule has 1 aromatic heterocycles. The molecule has 0 aliphatic carbocycles. The first kappa shape index (κ1) is 34.8. The zero-order valence-electron chi connectivity index (χ0n) is 32.1. The van der Waals surface area contributed by atoms with Gasteiger partial charge in [0.1, 0.15) is 0 Å². The Morgan fingerprint density at radius 3 is 1.11 bits per heavy atom. The predicted octanol–water partition coefficient (Wildman–Crippen LogP) is 13.8. The predicted molar refractivity (Wildman–Crippen MR) is 233 cm³/mol. The highest BCUT2D eigenvalue weighted by molar-refractivity contribution is 5.91. The molecule has 0 amide bonds. The topological polar surface area (TPSA) is 35.5 Å². The molecule has 1 aliphatic rings. The monoisotopic (exact) mass is 725 g/mol. The highest BCUT2D eigenvalue weighted by atomic mass is 15.2. The summed E-state index contributed by atoms with van der Waals surface area (Å²) in [6, 6.07) is 66.5. The van der Waals surface area contributed by atoms with E-state index in [1.807, 2.05) is 18.2 Å². The van der Waals surface area contributed by atoms with Crippen LogP contribution in [0.3, 0.4) is 0 Å². The first-order chi connectivity index (χ1) is 27.4. The Hall–Kier alpha value is -6.98. The minimum Gasteiger partial charge on any atom is -0.310 e. The number of rotatable bonds is 8. The lowest BCUT2D eigenvalue weighted by Gasteiger charge is -2.44. The zero-order valence-corrected chi connectivity index (χ0v) is 32.1. The quantitative estimate of drug-likeness (QED) is 0.156. The number of aryl methyl sites for hydroxylation is 2. The summed E-state index contributed by atoms with van der Waals surface area (Å²) in [5, 5.41) is 0. The normalized spacial score (nSPS) is 12.8. The molecule has 0 unspecified atom stereocenters. The average Bonchev–Trinajstić information content (AvgIpc) is 3.24. The maximum Gasteiger partial charge on any atom is 0.159 e. The van der Waals surface area contributed by atoms with Gasteiger partial charge in [0.05, 0.1) is 28.5 Å². The van der Waals surface area contributed by atoms with Gasteiger partial charge in [0, 0.05) is 45.1 Å². The Morgan fingerprint density at radius 1 is 0.411 bits per heavy atom. The van der Waals surface area contributed by atoms with Crippen LogP contribution >= 0.6 is 0 Å². The van der Waals surface area contributed by atoms with Crippen LogP contribution in [0.4, 0.5) is 51.2 Å². The van der Waals surface area contributed by atoms with Crippen molar-refractivity contribution in [2.45, 2.75) is 33.1 Å². The second kappa shape index (κ2) is 14.3. The van der Waals surface area contributed by atoms with Crippen molar-refractivity contribution in [3.05, 3.63) is 211 Å². The molecule has 2 heterocycles. The zero-order chi connectivity index (χ0) is 38.2. The molecule has 0 N–H and O–H groups in total. The standard InChI is InChI=1S/C51H43N5/c1-36-49(37(2)53-50(52-36)38-20-10-5-11-21-38)56-47-32-30-43(54(39-22-12-6-13-23-39)40-24-14-7-15-25-40)34-45(47)51(3,4)46-35-44(31-33-48(46)56)55(41-26-16-8-17-27-41)42-28-18-9-19-29-42/h5-35H,1-4H3. The van der Waals surface area contributed by atoms with Crippen LogP contribution in [0.5, 0.6) is 0 Å². The van der Waals surface area contributed by atoms with Crippen LogP contribution in [-0.4, -0.2) is 9.97 Å². The highest BCUT2D eigenvalue weighted by Gasteiger charge is 2.39. The summed E-state index contributed by atoms with van der Waals surface area (Å²) in [4.78, 5) is 17.4. The summed E-state index contributed by atoms with van der Waals surface area (Å²) in [5.41, 5.74) is 14.7. The fourth-order valence-corrected chi connectivity index (χ4v) is 8.19. The SMILES string of the molecule is Cc1nc(-c2ccccc2)nc(C)c1N1c2ccc(N(c3ccccc3)c3ccccc3)cc2C(C)(C)c2cc(N(c3ccccc3)c3ccccc3)ccc21. The van der Waals surface area contributed by atoms with E-state index in [0.29, 0.717) is 0 Å². The van der Waals surface area contributed by atoms with Gasteiger partial charge in [-0.2, -0.15) is 0 Å². The first-order valence-corrected chi connectivity index (χ1v) is 19.2. The van der Waals surface area contributed by atoms with Gasteiger partial charge in [0.2, 0.25) is 0 Å². The van der Waals surface area contributed by atoms with Crippen molar-refractivity contribution in [1.82, 2.24) is 9.97 Å². The molecular weight excluding hydrogens is 683 g/mol. The van der Waals surface area contributed by atoms with E-state index < -0.39 is 5.41 Å². The molecule has 1 aliphatic heterocycles. The summed E-state index contributed by atoms with van der Waals surface area (Å²) in [6.45, 7) is 8.93. The van der Waals surface area contributed by atoms with Crippen LogP contribution in [-0.2, 0) is 5.41 Å². The van der Waals surface area contributed by atoms with Crippen LogP contribution in [0, 0.1) is 13.8 Å². The molecule has 0 radical (unpaired) electrons. The Bertz CT molecular complexity index is 2390. The van der Waals surface area contributed by atoms with Gasteiger partial charge in [-0.05, 0) is 110 Å². The molecule has 0 bridgehead atoms. The lowest BCUT2D eigenvalue weighted by molar-refractivity contribution is 0.631. The van der Waals surface area contributed by atoms with Gasteiger partial charge < -0.3 is 14.7 Å². The van der Waals surface area contributed by atoms with Crippen molar-refractivity contribution >= 4 is 51.2 Å². The Balaban J connectivity index is 1.28. The van der Waals surface area contributed by atoms with Crippen molar-refractivity contribution < 1.29 is 0 Å². The van der Waals surface area contributed by atoms with Crippen LogP contribution in [0.25, 0.3) is 11.4 Å². The van der Waals surface area contributed by atoms with E-state index in [0.717, 1.165) is 74.0 Å². The number of fused-ring (bicyclic) bond motifs is 2. The van der Waals surface area contributed by atoms with E-state index in [2.05, 4.69) is 212 Å². The van der Waals surface area contributed by atoms with Crippen LogP contribution < -0.4 is 14.7 Å². The van der Waals surface area contributed by atoms with Gasteiger partial charge in [-0.3, -0.25) is 0 Å². The van der Waals surface area contributed by atoms with Crippen molar-refractivity contribution in [3.8, 4) is 11.4 Å². The van der Waals surface area contributed by atoms with Crippen LogP contribution in [0.15, 0.2) is 188 Å². The summed E-state index contributed by atoms with van der Waals surface area (Å²) in [5.74, 6) is 0.732. The summed E-state index contributed by atoms with van der Waals surface area (Å²) >= 11 is 0. The molecular formula is C51H43N5. The van der Waals surface area contributed by atoms with E-state index in [1.54, 1.807) is 0 Å². The summed E-state index contributed by atoms with van der Waals surface area (Å²) in [6.07, 6.45) is 0. The molecule has 9 rings (SSSR count). The Kier molecular flexibility index (Phi) is 8.91. The van der Waals surface area contributed by atoms with Gasteiger partial charge in [-0.1, -0.05) is 117 Å². The fourth-order valence-electron chi connectivity index (χ4n) is 8.19. The molecule has 0 spiro atoms. The van der Waals surface area contributed by atoms with Crippen molar-refractivity contribution in [3.63, 3.8) is 0 Å². The highest BCUT2D eigenvalue weighted by Crippen LogP contribution is 2.55. The van der Waals surface area contributed by atoms with E-state index in [4.69, 9.17) is 9.97 Å². The molecule has 5 heteroatoms. The Morgan fingerprint density at radius 2 is 0.750 bits per heavy atom. The van der Waals surface area contributed by atoms with E-state index in [1.165, 1.54) is 11.1 Å². The van der Waals surface area contributed by atoms with Crippen molar-refractivity contribution in [2.75, 3.05) is 14.7 Å². The number of aromatic nitrogens is 2. The number of hydrogen-bond acceptors (Lipinski definition) is 5. The molecule has 5 nitrogen and oxygen atoms in total. The van der Waals surface area contributed by atoms with Gasteiger partial charge >= 0.3 is 0 Å². The van der Waals surface area contributed by atoms with Crippen LogP contribution in [0.1, 0.15) is 36.4 Å². The second-order valence-corrected chi connectivity index (χ2v) is 14.8. The average molecular weight is 726 g/mol. The molecule has 0 atom stereocenters. The molecule has 0 fully saturated rings. The minimum absolute atomic E-state index is 0.391. The number of nitrogens with zero attached hydrogens (tertiary/aromatic N) is 5. The van der Waals surface area contributed by atoms with Crippen LogP contribution in [0.2, 0.25) is 0 Å². The first-order valence-electron chi connectivity index (χ1n) is 19.2. The third-order valence-electron chi connectivity index (χ3n) is 10.9. The summed E-state index contributed by atoms with van der Waals surface area (Å²) < 4.78 is 0. The number of para-hydroxylation sites is 4. The lowest BCUT2D eigenvalue weighted by atomic mass is 9.73. The van der Waals surface area contributed by atoms with Gasteiger partial charge in [0.25, 0.3) is 0 Å². The third kappa shape index (κ3) is 6.17. The summed E-state index contributed by atoms with van der Waals surface area (Å²) in [7, 11) is 0. The maximum atomic E-state index is 5.14. The molecule has 272 valence electrons. The lowest BCUT2D eigenvalue weighted by Crippen LogP contribution is -2.32. The smallest absolute Gasteiger partial charge is 0.159 e. The Labute approximate surface area is 329 Å². The van der Waals surface area contributed by atoms with Crippen molar-refractivity contribution in [2.24, 2.45) is 0 Å². The van der Waals surface area contributed by atoms with E-state index in [9.17, 15) is 0 Å². The van der Waals surface area contributed by atoms with Gasteiger partial charge in [0.15, 0.2) is 5.82 Å². The second-order valence-electron chi connectivity index (χ2n) is 14.8. The molecule has 8 aromatic rings.